The molecule has 9 heteroatoms. The molecule has 0 unspecified atom stereocenters. The molecule has 0 amide bonds. The molecular weight excluding hydrogens is 342 g/mol. The number of rotatable bonds is 5. The molecule has 4 rings (SSSR count). The normalized spacial score (nSPS) is 10.8. The highest BCUT2D eigenvalue weighted by Gasteiger charge is 2.12. The molecule has 0 atom stereocenters. The van der Waals surface area contributed by atoms with Gasteiger partial charge in [0.05, 0.1) is 12.2 Å². The Morgan fingerprint density at radius 2 is 1.96 bits per heavy atom. The Bertz CT molecular complexity index is 983. The summed E-state index contributed by atoms with van der Waals surface area (Å²) < 4.78 is 6.85. The van der Waals surface area contributed by atoms with E-state index < -0.39 is 0 Å². The average molecular weight is 354 g/mol. The largest absolute Gasteiger partial charge is 0.344 e. The molecule has 0 fully saturated rings. The molecule has 0 bridgehead atoms. The summed E-state index contributed by atoms with van der Waals surface area (Å²) in [6, 6.07) is 16.8. The lowest BCUT2D eigenvalue weighted by atomic mass is 10.2. The fourth-order valence-electron chi connectivity index (χ4n) is 2.27. The predicted octanol–water partition coefficient (Wildman–Crippen LogP) is 2.98. The van der Waals surface area contributed by atoms with Gasteiger partial charge in [-0.3, -0.25) is 0 Å². The smallest absolute Gasteiger partial charge is 0.248 e. The maximum atomic E-state index is 5.98. The van der Waals surface area contributed by atoms with Crippen LogP contribution in [0.4, 0.5) is 5.95 Å². The van der Waals surface area contributed by atoms with E-state index >= 15 is 0 Å². The molecule has 0 spiro atoms. The molecule has 0 aliphatic rings. The third-order valence-electron chi connectivity index (χ3n) is 3.42. The number of para-hydroxylation sites is 1. The lowest BCUT2D eigenvalue weighted by Crippen LogP contribution is -2.07. The minimum absolute atomic E-state index is 0.292. The zero-order valence-electron chi connectivity index (χ0n) is 12.9. The number of nitrogens with one attached hydrogen (secondary N) is 1. The minimum Gasteiger partial charge on any atom is -0.344 e. The van der Waals surface area contributed by atoms with Crippen molar-refractivity contribution in [1.29, 1.82) is 0 Å². The number of hydrogen-bond donors (Lipinski definition) is 1. The van der Waals surface area contributed by atoms with E-state index in [0.29, 0.717) is 29.2 Å². The monoisotopic (exact) mass is 353 g/mol. The van der Waals surface area contributed by atoms with Gasteiger partial charge in [0.25, 0.3) is 0 Å². The Morgan fingerprint density at radius 1 is 1.08 bits per heavy atom. The van der Waals surface area contributed by atoms with E-state index in [1.165, 1.54) is 0 Å². The number of nitrogens with zero attached hydrogens (tertiary/aromatic N) is 6. The number of halogens is 1. The fourth-order valence-corrected chi connectivity index (χ4v) is 2.46. The van der Waals surface area contributed by atoms with Crippen molar-refractivity contribution < 1.29 is 4.52 Å². The van der Waals surface area contributed by atoms with Gasteiger partial charge in [-0.25, -0.2) is 0 Å². The van der Waals surface area contributed by atoms with Gasteiger partial charge in [0, 0.05) is 10.6 Å². The molecule has 0 saturated carbocycles. The number of aromatic nitrogens is 6. The third kappa shape index (κ3) is 3.33. The summed E-state index contributed by atoms with van der Waals surface area (Å²) in [6.07, 6.45) is 0. The summed E-state index contributed by atoms with van der Waals surface area (Å²) in [5.74, 6) is 1.37. The number of hydrogen-bond acceptors (Lipinski definition) is 7. The van der Waals surface area contributed by atoms with Crippen molar-refractivity contribution in [3.05, 3.63) is 65.5 Å². The van der Waals surface area contributed by atoms with Gasteiger partial charge in [-0.05, 0) is 34.7 Å². The summed E-state index contributed by atoms with van der Waals surface area (Å²) in [7, 11) is 0. The molecule has 4 aromatic rings. The van der Waals surface area contributed by atoms with Crippen molar-refractivity contribution in [3.8, 4) is 17.1 Å². The zero-order chi connectivity index (χ0) is 17.1. The van der Waals surface area contributed by atoms with E-state index in [9.17, 15) is 0 Å². The van der Waals surface area contributed by atoms with Gasteiger partial charge >= 0.3 is 0 Å². The standard InChI is InChI=1S/C16H12ClN7O/c17-12-6-4-5-11(9-12)15-19-14(25-21-15)10-18-16-20-22-23-24(16)13-7-2-1-3-8-13/h1-9H,10H2,(H,18,20,23). The lowest BCUT2D eigenvalue weighted by molar-refractivity contribution is 0.383. The predicted molar refractivity (Wildman–Crippen MR) is 91.2 cm³/mol. The van der Waals surface area contributed by atoms with Gasteiger partial charge in [-0.2, -0.15) is 9.67 Å². The first-order valence-electron chi connectivity index (χ1n) is 7.46. The van der Waals surface area contributed by atoms with Crippen molar-refractivity contribution in [2.24, 2.45) is 0 Å². The van der Waals surface area contributed by atoms with Crippen molar-refractivity contribution in [2.75, 3.05) is 5.32 Å². The van der Waals surface area contributed by atoms with Crippen LogP contribution in [-0.4, -0.2) is 30.3 Å². The van der Waals surface area contributed by atoms with Crippen LogP contribution in [0.5, 0.6) is 0 Å². The second-order valence-corrected chi connectivity index (χ2v) is 5.56. The van der Waals surface area contributed by atoms with Crippen LogP contribution in [-0.2, 0) is 6.54 Å². The van der Waals surface area contributed by atoms with Gasteiger partial charge in [0.15, 0.2) is 0 Å². The summed E-state index contributed by atoms with van der Waals surface area (Å²) in [5.41, 5.74) is 1.64. The highest BCUT2D eigenvalue weighted by molar-refractivity contribution is 6.30. The molecule has 0 saturated heterocycles. The molecule has 8 nitrogen and oxygen atoms in total. The summed E-state index contributed by atoms with van der Waals surface area (Å²) in [5, 5.41) is 19.3. The molecule has 1 N–H and O–H groups in total. The quantitative estimate of drug-likeness (QED) is 0.589. The maximum absolute atomic E-state index is 5.98. The second kappa shape index (κ2) is 6.70. The topological polar surface area (TPSA) is 94.5 Å². The van der Waals surface area contributed by atoms with E-state index in [4.69, 9.17) is 16.1 Å². The number of benzene rings is 2. The van der Waals surface area contributed by atoms with Crippen LogP contribution in [0.25, 0.3) is 17.1 Å². The molecule has 124 valence electrons. The first-order valence-corrected chi connectivity index (χ1v) is 7.83. The third-order valence-corrected chi connectivity index (χ3v) is 3.65. The van der Waals surface area contributed by atoms with Gasteiger partial charge < -0.3 is 9.84 Å². The molecule has 2 aromatic heterocycles. The second-order valence-electron chi connectivity index (χ2n) is 5.13. The van der Waals surface area contributed by atoms with Crippen LogP contribution in [0.2, 0.25) is 5.02 Å². The maximum Gasteiger partial charge on any atom is 0.248 e. The van der Waals surface area contributed by atoms with Gasteiger partial charge in [0.2, 0.25) is 17.7 Å². The van der Waals surface area contributed by atoms with Crippen molar-refractivity contribution in [3.63, 3.8) is 0 Å². The van der Waals surface area contributed by atoms with Crippen molar-refractivity contribution in [1.82, 2.24) is 30.3 Å². The molecule has 2 aromatic carbocycles. The number of anilines is 1. The van der Waals surface area contributed by atoms with Gasteiger partial charge in [-0.1, -0.05) is 52.2 Å². The van der Waals surface area contributed by atoms with Crippen LogP contribution in [0.1, 0.15) is 5.89 Å². The van der Waals surface area contributed by atoms with Crippen LogP contribution in [0.3, 0.4) is 0 Å². The Balaban J connectivity index is 1.49. The van der Waals surface area contributed by atoms with Crippen LogP contribution < -0.4 is 5.32 Å². The van der Waals surface area contributed by atoms with Crippen LogP contribution in [0, 0.1) is 0 Å². The van der Waals surface area contributed by atoms with Gasteiger partial charge in [-0.15, -0.1) is 0 Å². The Labute approximate surface area is 147 Å². The lowest BCUT2D eigenvalue weighted by Gasteiger charge is -2.04. The van der Waals surface area contributed by atoms with E-state index in [1.54, 1.807) is 16.8 Å². The Kier molecular flexibility index (Phi) is 4.09. The Morgan fingerprint density at radius 3 is 2.80 bits per heavy atom. The fraction of sp³-hybridized carbons (Fsp3) is 0.0625. The highest BCUT2D eigenvalue weighted by Crippen LogP contribution is 2.20. The van der Waals surface area contributed by atoms with Crippen LogP contribution >= 0.6 is 11.6 Å². The average Bonchev–Trinajstić information content (AvgIpc) is 3.30. The summed E-state index contributed by atoms with van der Waals surface area (Å²) in [4.78, 5) is 4.35. The highest BCUT2D eigenvalue weighted by atomic mass is 35.5. The number of tetrazole rings is 1. The van der Waals surface area contributed by atoms with E-state index in [2.05, 4.69) is 31.0 Å². The van der Waals surface area contributed by atoms with Crippen molar-refractivity contribution in [2.45, 2.75) is 6.54 Å². The summed E-state index contributed by atoms with van der Waals surface area (Å²) in [6.45, 7) is 0.292. The first kappa shape index (κ1) is 15.3. The molecule has 0 aliphatic heterocycles. The first-order chi connectivity index (χ1) is 12.3. The molecule has 2 heterocycles. The zero-order valence-corrected chi connectivity index (χ0v) is 13.6. The van der Waals surface area contributed by atoms with Crippen LogP contribution in [0.15, 0.2) is 59.1 Å². The van der Waals surface area contributed by atoms with E-state index in [0.717, 1.165) is 11.3 Å². The summed E-state index contributed by atoms with van der Waals surface area (Å²) >= 11 is 5.98. The van der Waals surface area contributed by atoms with E-state index in [1.807, 2.05) is 42.5 Å². The molecule has 0 aliphatic carbocycles. The SMILES string of the molecule is Clc1cccc(-c2noc(CNc3nnnn3-c3ccccc3)n2)c1. The van der Waals surface area contributed by atoms with E-state index in [-0.39, 0.29) is 0 Å². The minimum atomic E-state index is 0.292. The molecular formula is C16H12ClN7O. The molecule has 25 heavy (non-hydrogen) atoms. The van der Waals surface area contributed by atoms with Crippen molar-refractivity contribution >= 4 is 17.5 Å². The Hall–Kier alpha value is -3.26. The molecule has 0 radical (unpaired) electrons. The van der Waals surface area contributed by atoms with Gasteiger partial charge in [0.1, 0.15) is 0 Å².